The van der Waals surface area contributed by atoms with Gasteiger partial charge in [-0.25, -0.2) is 13.1 Å². The zero-order chi connectivity index (χ0) is 47.3. The third-order valence-electron chi connectivity index (χ3n) is 16.2. The Hall–Kier alpha value is -5.95. The molecule has 362 valence electrons. The molecule has 0 bridgehead atoms. The first-order chi connectivity index (χ1) is 33.3. The lowest BCUT2D eigenvalue weighted by molar-refractivity contribution is -0.384. The third-order valence-corrected chi connectivity index (χ3v) is 17.5. The number of nitro benzene ring substituents is 1. The minimum absolute atomic E-state index is 0.0109. The maximum Gasteiger partial charge on any atom is 0.297 e. The average Bonchev–Trinajstić information content (AvgIpc) is 4.11. The Morgan fingerprint density at radius 3 is 2.59 bits per heavy atom. The molecule has 17 nitrogen and oxygen atoms in total. The standard InChI is InChI=1S/C51H58N8O9S/c1-29(2)36-6-3-4-7-37(36)40-8-5-17-57(40)33-22-51(23-33)27-56(28-51)32-11-14-38(41(19-32)58-43-18-31-15-16-52-48(31)54-50(43)68-46-26-66-25-44(46)58)49(61)55-69(64,65)35-20-42(59(62)63)47-45(21-35)67-24-39(53-47)30-9-12-34(60)13-10-30/h3-4,6-7,11,14-16,18-21,29-30,33-34,39-40,44,46,53,60H,5,8-10,12-13,17,22-28H2,1-2H3,(H,52,54)(H,55,61)/t30?,34?,39-,40+,44+,46+/m1/s1. The Morgan fingerprint density at radius 2 is 1.80 bits per heavy atom. The lowest BCUT2D eigenvalue weighted by Gasteiger charge is -2.62. The van der Waals surface area contributed by atoms with E-state index in [9.17, 15) is 28.4 Å². The lowest BCUT2D eigenvalue weighted by Crippen LogP contribution is -2.66. The summed E-state index contributed by atoms with van der Waals surface area (Å²) >= 11 is 0. The second-order valence-corrected chi connectivity index (χ2v) is 22.5. The highest BCUT2D eigenvalue weighted by atomic mass is 32.2. The quantitative estimate of drug-likeness (QED) is 0.0789. The Balaban J connectivity index is 0.837. The van der Waals surface area contributed by atoms with Gasteiger partial charge in [-0.3, -0.25) is 19.8 Å². The normalized spacial score (nSPS) is 26.3. The molecule has 2 aliphatic carbocycles. The Kier molecular flexibility index (Phi) is 10.8. The summed E-state index contributed by atoms with van der Waals surface area (Å²) in [5, 5.41) is 26.6. The summed E-state index contributed by atoms with van der Waals surface area (Å²) in [7, 11) is -4.69. The monoisotopic (exact) mass is 958 g/mol. The number of aliphatic hydroxyl groups is 1. The zero-order valence-corrected chi connectivity index (χ0v) is 39.6. The Bertz CT molecular complexity index is 2960. The minimum atomic E-state index is -4.69. The molecule has 1 spiro atoms. The minimum Gasteiger partial charge on any atom is -0.489 e. The molecule has 4 atom stereocenters. The van der Waals surface area contributed by atoms with Crippen molar-refractivity contribution in [1.82, 2.24) is 19.6 Å². The van der Waals surface area contributed by atoms with Crippen LogP contribution in [0.2, 0.25) is 0 Å². The summed E-state index contributed by atoms with van der Waals surface area (Å²) in [6.45, 7) is 8.16. The highest BCUT2D eigenvalue weighted by Crippen LogP contribution is 2.55. The van der Waals surface area contributed by atoms with Crippen LogP contribution >= 0.6 is 0 Å². The number of aromatic amines is 1. The number of hydrogen-bond donors (Lipinski definition) is 4. The molecule has 5 aromatic rings. The van der Waals surface area contributed by atoms with Crippen LogP contribution in [0.1, 0.15) is 98.7 Å². The number of carbonyl (C=O) groups excluding carboxylic acids is 1. The summed E-state index contributed by atoms with van der Waals surface area (Å²) in [5.74, 6) is 0.0561. The molecule has 0 radical (unpaired) electrons. The van der Waals surface area contributed by atoms with Gasteiger partial charge in [0.25, 0.3) is 21.6 Å². The number of likely N-dealkylation sites (tertiary alicyclic amines) is 1. The van der Waals surface area contributed by atoms with E-state index in [0.717, 1.165) is 62.5 Å². The molecule has 3 saturated heterocycles. The first kappa shape index (κ1) is 44.3. The molecule has 2 saturated carbocycles. The number of nitrogens with one attached hydrogen (secondary N) is 3. The second kappa shape index (κ2) is 16.9. The number of nitro groups is 1. The number of carbonyl (C=O) groups is 1. The summed E-state index contributed by atoms with van der Waals surface area (Å²) in [6, 6.07) is 20.8. The largest absolute Gasteiger partial charge is 0.489 e. The fourth-order valence-electron chi connectivity index (χ4n) is 12.6. The topological polar surface area (TPSA) is 205 Å². The number of aromatic nitrogens is 2. The number of H-pyrrole nitrogens is 1. The van der Waals surface area contributed by atoms with Crippen LogP contribution in [-0.4, -0.2) is 109 Å². The number of anilines is 4. The van der Waals surface area contributed by atoms with Gasteiger partial charge in [0.2, 0.25) is 5.88 Å². The number of aliphatic hydroxyl groups excluding tert-OH is 1. The molecule has 4 N–H and O–H groups in total. The Morgan fingerprint density at radius 1 is 0.986 bits per heavy atom. The summed E-state index contributed by atoms with van der Waals surface area (Å²) in [5.41, 5.74) is 5.42. The molecule has 18 heteroatoms. The summed E-state index contributed by atoms with van der Waals surface area (Å²) in [4.78, 5) is 41.1. The maximum atomic E-state index is 14.7. The number of rotatable bonds is 10. The van der Waals surface area contributed by atoms with E-state index in [1.54, 1.807) is 12.3 Å². The van der Waals surface area contributed by atoms with Crippen molar-refractivity contribution in [3.05, 3.63) is 99.7 Å². The Labute approximate surface area is 400 Å². The van der Waals surface area contributed by atoms with Gasteiger partial charge in [0.05, 0.1) is 52.5 Å². The predicted octanol–water partition coefficient (Wildman–Crippen LogP) is 7.54. The molecule has 0 unspecified atom stereocenters. The van der Waals surface area contributed by atoms with Gasteiger partial charge in [-0.2, -0.15) is 4.98 Å². The third kappa shape index (κ3) is 7.74. The molecule has 7 heterocycles. The van der Waals surface area contributed by atoms with Gasteiger partial charge < -0.3 is 39.4 Å². The van der Waals surface area contributed by atoms with Crippen LogP contribution in [0, 0.1) is 21.4 Å². The van der Waals surface area contributed by atoms with E-state index < -0.39 is 37.5 Å². The van der Waals surface area contributed by atoms with Crippen molar-refractivity contribution in [3.63, 3.8) is 0 Å². The maximum absolute atomic E-state index is 14.7. The highest BCUT2D eigenvalue weighted by Gasteiger charge is 2.55. The van der Waals surface area contributed by atoms with Gasteiger partial charge in [-0.05, 0) is 111 Å². The molecule has 69 heavy (non-hydrogen) atoms. The van der Waals surface area contributed by atoms with Crippen LogP contribution in [0.4, 0.5) is 28.4 Å². The van der Waals surface area contributed by atoms with Crippen LogP contribution in [0.15, 0.2) is 77.8 Å². The van der Waals surface area contributed by atoms with Crippen molar-refractivity contribution in [2.45, 2.75) is 112 Å². The van der Waals surface area contributed by atoms with E-state index in [0.29, 0.717) is 67.0 Å². The lowest BCUT2D eigenvalue weighted by atomic mass is 9.60. The zero-order valence-electron chi connectivity index (χ0n) is 38.8. The van der Waals surface area contributed by atoms with Gasteiger partial charge in [0.15, 0.2) is 11.4 Å². The molecule has 2 aromatic heterocycles. The molecule has 5 fully saturated rings. The fourth-order valence-corrected chi connectivity index (χ4v) is 13.6. The van der Waals surface area contributed by atoms with Crippen LogP contribution in [0.5, 0.6) is 11.6 Å². The molecule has 1 amide bonds. The van der Waals surface area contributed by atoms with E-state index in [-0.39, 0.29) is 53.1 Å². The van der Waals surface area contributed by atoms with Crippen LogP contribution < -0.4 is 29.3 Å². The van der Waals surface area contributed by atoms with Crippen LogP contribution in [-0.2, 0) is 14.8 Å². The number of ether oxygens (including phenoxy) is 3. The van der Waals surface area contributed by atoms with Crippen molar-refractivity contribution in [2.24, 2.45) is 11.3 Å². The summed E-state index contributed by atoms with van der Waals surface area (Å²) in [6.07, 6.45) is 8.38. The van der Waals surface area contributed by atoms with Crippen molar-refractivity contribution < 1.29 is 37.5 Å². The van der Waals surface area contributed by atoms with Gasteiger partial charge in [0, 0.05) is 60.0 Å². The number of nitrogens with zero attached hydrogens (tertiary/aromatic N) is 5. The SMILES string of the molecule is CC(C)c1ccccc1[C@@H]1CCCN1C1CC2(C1)CN(c1ccc(C(=O)NS(=O)(=O)c3cc4c(c([N+](=O)[O-])c3)N[C@@H](C3CCC(O)CC3)CO4)c(N3c4cc5cc[nH]c5nc4O[C@H]4COC[C@@H]43)c1)C2. The van der Waals surface area contributed by atoms with Gasteiger partial charge in [-0.1, -0.05) is 38.1 Å². The molecule has 5 aliphatic heterocycles. The smallest absolute Gasteiger partial charge is 0.297 e. The second-order valence-electron chi connectivity index (χ2n) is 20.8. The van der Waals surface area contributed by atoms with Gasteiger partial charge in [0.1, 0.15) is 24.0 Å². The van der Waals surface area contributed by atoms with E-state index in [4.69, 9.17) is 19.2 Å². The highest BCUT2D eigenvalue weighted by molar-refractivity contribution is 7.90. The van der Waals surface area contributed by atoms with E-state index in [2.05, 4.69) is 62.9 Å². The van der Waals surface area contributed by atoms with Crippen molar-refractivity contribution in [3.8, 4) is 11.6 Å². The van der Waals surface area contributed by atoms with Crippen molar-refractivity contribution in [1.29, 1.82) is 0 Å². The molecule has 12 rings (SSSR count). The first-order valence-corrected chi connectivity index (χ1v) is 26.0. The number of benzene rings is 3. The van der Waals surface area contributed by atoms with Gasteiger partial charge >= 0.3 is 0 Å². The van der Waals surface area contributed by atoms with Crippen LogP contribution in [0.3, 0.4) is 0 Å². The van der Waals surface area contributed by atoms with Crippen molar-refractivity contribution in [2.75, 3.05) is 54.6 Å². The van der Waals surface area contributed by atoms with E-state index in [1.807, 2.05) is 29.2 Å². The van der Waals surface area contributed by atoms with Crippen LogP contribution in [0.25, 0.3) is 11.0 Å². The van der Waals surface area contributed by atoms with E-state index in [1.165, 1.54) is 30.0 Å². The number of amides is 1. The van der Waals surface area contributed by atoms with Crippen molar-refractivity contribution >= 4 is 55.4 Å². The first-order valence-electron chi connectivity index (χ1n) is 24.5. The number of sulfonamides is 1. The van der Waals surface area contributed by atoms with Gasteiger partial charge in [-0.15, -0.1) is 0 Å². The number of pyridine rings is 1. The average molecular weight is 959 g/mol. The fraction of sp³-hybridized carbons (Fsp3) is 0.490. The molecule has 3 aromatic carbocycles. The van der Waals surface area contributed by atoms with E-state index >= 15 is 0 Å². The molecule has 7 aliphatic rings. The molecular weight excluding hydrogens is 901 g/mol. The number of hydrogen-bond acceptors (Lipinski definition) is 14. The predicted molar refractivity (Wildman–Crippen MR) is 259 cm³/mol. The molecular formula is C51H58N8O9S. The number of fused-ring (bicyclic) bond motifs is 4. The summed E-state index contributed by atoms with van der Waals surface area (Å²) < 4.78 is 49.3.